The lowest BCUT2D eigenvalue weighted by molar-refractivity contribution is -0.125. The van der Waals surface area contributed by atoms with E-state index in [0.29, 0.717) is 0 Å². The number of carbonyl (C=O) groups is 1. The lowest BCUT2D eigenvalue weighted by Crippen LogP contribution is -2.49. The van der Waals surface area contributed by atoms with Crippen molar-refractivity contribution in [3.8, 4) is 5.75 Å². The number of rotatable bonds is 5. The van der Waals surface area contributed by atoms with Crippen molar-refractivity contribution in [2.45, 2.75) is 59.7 Å². The molecule has 1 amide bonds. The second-order valence-electron chi connectivity index (χ2n) is 6.78. The summed E-state index contributed by atoms with van der Waals surface area (Å²) in [6.45, 7) is 11.8. The molecule has 1 unspecified atom stereocenters. The zero-order valence-corrected chi connectivity index (χ0v) is 13.9. The van der Waals surface area contributed by atoms with Crippen LogP contribution in [0, 0.1) is 5.41 Å². The average molecular weight is 292 g/mol. The maximum atomic E-state index is 12.2. The van der Waals surface area contributed by atoms with Gasteiger partial charge in [-0.1, -0.05) is 39.0 Å². The fourth-order valence-corrected chi connectivity index (χ4v) is 1.97. The van der Waals surface area contributed by atoms with Gasteiger partial charge in [0.2, 0.25) is 5.91 Å². The fraction of sp³-hybridized carbons (Fsp3) is 0.588. The van der Waals surface area contributed by atoms with Gasteiger partial charge in [0.1, 0.15) is 5.75 Å². The van der Waals surface area contributed by atoms with Crippen LogP contribution in [0.5, 0.6) is 5.75 Å². The molecule has 0 radical (unpaired) electrons. The van der Waals surface area contributed by atoms with Gasteiger partial charge in [-0.05, 0) is 32.3 Å². The summed E-state index contributed by atoms with van der Waals surface area (Å²) in [5.41, 5.74) is 6.69. The first-order chi connectivity index (χ1) is 9.62. The second-order valence-corrected chi connectivity index (χ2v) is 6.78. The van der Waals surface area contributed by atoms with Crippen molar-refractivity contribution in [1.29, 1.82) is 0 Å². The van der Waals surface area contributed by atoms with E-state index in [9.17, 15) is 4.79 Å². The highest BCUT2D eigenvalue weighted by molar-refractivity contribution is 5.82. The largest absolute Gasteiger partial charge is 0.491 e. The van der Waals surface area contributed by atoms with Gasteiger partial charge in [-0.2, -0.15) is 0 Å². The number of carbonyl (C=O) groups excluding carboxylic acids is 1. The van der Waals surface area contributed by atoms with Crippen LogP contribution in [0.2, 0.25) is 0 Å². The number of nitrogens with one attached hydrogen (secondary N) is 1. The Labute approximate surface area is 128 Å². The predicted octanol–water partition coefficient (Wildman–Crippen LogP) is 3.02. The minimum absolute atomic E-state index is 0.0888. The van der Waals surface area contributed by atoms with E-state index in [0.717, 1.165) is 11.3 Å². The van der Waals surface area contributed by atoms with Crippen LogP contribution in [-0.4, -0.2) is 18.1 Å². The molecule has 0 saturated heterocycles. The van der Waals surface area contributed by atoms with Crippen LogP contribution in [0.25, 0.3) is 0 Å². The number of nitrogens with two attached hydrogens (primary N) is 1. The van der Waals surface area contributed by atoms with Crippen LogP contribution in [0.15, 0.2) is 24.3 Å². The summed E-state index contributed by atoms with van der Waals surface area (Å²) in [4.78, 5) is 12.2. The third kappa shape index (κ3) is 5.05. The molecule has 0 saturated carbocycles. The first-order valence-electron chi connectivity index (χ1n) is 7.44. The summed E-state index contributed by atoms with van der Waals surface area (Å²) in [6, 6.07) is 7.05. The maximum absolute atomic E-state index is 12.2. The Hall–Kier alpha value is -1.55. The van der Waals surface area contributed by atoms with E-state index in [1.165, 1.54) is 0 Å². The minimum Gasteiger partial charge on any atom is -0.491 e. The van der Waals surface area contributed by atoms with Gasteiger partial charge in [0, 0.05) is 5.56 Å². The zero-order valence-electron chi connectivity index (χ0n) is 13.9. The minimum atomic E-state index is -0.543. The number of amides is 1. The first kappa shape index (κ1) is 17.5. The Morgan fingerprint density at radius 3 is 2.29 bits per heavy atom. The van der Waals surface area contributed by atoms with E-state index in [-0.39, 0.29) is 23.5 Å². The van der Waals surface area contributed by atoms with Gasteiger partial charge >= 0.3 is 0 Å². The van der Waals surface area contributed by atoms with Crippen molar-refractivity contribution in [2.75, 3.05) is 0 Å². The molecule has 4 nitrogen and oxygen atoms in total. The van der Waals surface area contributed by atoms with E-state index < -0.39 is 6.04 Å². The third-order valence-corrected chi connectivity index (χ3v) is 3.32. The van der Waals surface area contributed by atoms with Crippen LogP contribution in [-0.2, 0) is 4.79 Å². The van der Waals surface area contributed by atoms with Gasteiger partial charge in [-0.15, -0.1) is 0 Å². The van der Waals surface area contributed by atoms with Gasteiger partial charge in [-0.3, -0.25) is 4.79 Å². The number of para-hydroxylation sites is 1. The smallest absolute Gasteiger partial charge is 0.237 e. The third-order valence-electron chi connectivity index (χ3n) is 3.32. The highest BCUT2D eigenvalue weighted by atomic mass is 16.5. The molecule has 4 heteroatoms. The Balaban J connectivity index is 2.85. The van der Waals surface area contributed by atoms with Crippen LogP contribution >= 0.6 is 0 Å². The highest BCUT2D eigenvalue weighted by Crippen LogP contribution is 2.26. The van der Waals surface area contributed by atoms with Gasteiger partial charge in [0.05, 0.1) is 18.2 Å². The molecule has 0 aliphatic rings. The number of benzene rings is 1. The molecule has 0 spiro atoms. The molecule has 0 bridgehead atoms. The van der Waals surface area contributed by atoms with Crippen molar-refractivity contribution in [2.24, 2.45) is 11.1 Å². The number of hydrogen-bond donors (Lipinski definition) is 2. The normalized spacial score (nSPS) is 14.7. The molecule has 1 aromatic carbocycles. The lowest BCUT2D eigenvalue weighted by atomic mass is 9.86. The summed E-state index contributed by atoms with van der Waals surface area (Å²) in [7, 11) is 0. The van der Waals surface area contributed by atoms with Crippen LogP contribution in [0.4, 0.5) is 0 Å². The molecular formula is C17H28N2O2. The summed E-state index contributed by atoms with van der Waals surface area (Å²) >= 11 is 0. The molecule has 21 heavy (non-hydrogen) atoms. The van der Waals surface area contributed by atoms with Gasteiger partial charge in [0.25, 0.3) is 0 Å². The molecule has 1 rings (SSSR count). The van der Waals surface area contributed by atoms with E-state index in [1.807, 2.05) is 65.8 Å². The summed E-state index contributed by atoms with van der Waals surface area (Å²) < 4.78 is 5.79. The van der Waals surface area contributed by atoms with Gasteiger partial charge < -0.3 is 15.8 Å². The summed E-state index contributed by atoms with van der Waals surface area (Å²) in [5.74, 6) is 0.652. The molecule has 0 aliphatic carbocycles. The number of ether oxygens (including phenoxy) is 1. The Kier molecular flexibility index (Phi) is 5.78. The van der Waals surface area contributed by atoms with Gasteiger partial charge in [0.15, 0.2) is 0 Å². The van der Waals surface area contributed by atoms with Crippen LogP contribution < -0.4 is 15.8 Å². The standard InChI is InChI=1S/C17H28N2O2/c1-11(2)21-14-10-8-7-9-13(14)12(3)19-16(20)15(18)17(4,5)6/h7-12,15H,18H2,1-6H3,(H,19,20)/t12?,15-/m1/s1. The Morgan fingerprint density at radius 2 is 1.76 bits per heavy atom. The van der Waals surface area contributed by atoms with Crippen LogP contribution in [0.3, 0.4) is 0 Å². The van der Waals surface area contributed by atoms with Crippen molar-refractivity contribution in [3.63, 3.8) is 0 Å². The van der Waals surface area contributed by atoms with Crippen molar-refractivity contribution in [3.05, 3.63) is 29.8 Å². The lowest BCUT2D eigenvalue weighted by Gasteiger charge is -2.28. The summed E-state index contributed by atoms with van der Waals surface area (Å²) in [6.07, 6.45) is 0.0888. The Morgan fingerprint density at radius 1 is 1.19 bits per heavy atom. The van der Waals surface area contributed by atoms with Crippen molar-refractivity contribution >= 4 is 5.91 Å². The van der Waals surface area contributed by atoms with Crippen LogP contribution in [0.1, 0.15) is 53.1 Å². The molecule has 0 fully saturated rings. The molecule has 1 aromatic rings. The fourth-order valence-electron chi connectivity index (χ4n) is 1.97. The maximum Gasteiger partial charge on any atom is 0.237 e. The molecule has 3 N–H and O–H groups in total. The molecule has 118 valence electrons. The van der Waals surface area contributed by atoms with E-state index in [2.05, 4.69) is 5.32 Å². The van der Waals surface area contributed by atoms with E-state index >= 15 is 0 Å². The SMILES string of the molecule is CC(C)Oc1ccccc1C(C)NC(=O)[C@@H](N)C(C)(C)C. The van der Waals surface area contributed by atoms with Crippen molar-refractivity contribution < 1.29 is 9.53 Å². The molecule has 0 heterocycles. The van der Waals surface area contributed by atoms with Crippen molar-refractivity contribution in [1.82, 2.24) is 5.32 Å². The summed E-state index contributed by atoms with van der Waals surface area (Å²) in [5, 5.41) is 2.97. The highest BCUT2D eigenvalue weighted by Gasteiger charge is 2.28. The molecule has 0 aromatic heterocycles. The van der Waals surface area contributed by atoms with E-state index in [1.54, 1.807) is 0 Å². The predicted molar refractivity (Wildman–Crippen MR) is 86.2 cm³/mol. The monoisotopic (exact) mass is 292 g/mol. The quantitative estimate of drug-likeness (QED) is 0.876. The Bertz CT molecular complexity index is 478. The number of hydrogen-bond acceptors (Lipinski definition) is 3. The molecule has 0 aliphatic heterocycles. The second kappa shape index (κ2) is 6.94. The van der Waals surface area contributed by atoms with Gasteiger partial charge in [-0.25, -0.2) is 0 Å². The average Bonchev–Trinajstić information content (AvgIpc) is 2.36. The first-order valence-corrected chi connectivity index (χ1v) is 7.44. The molecular weight excluding hydrogens is 264 g/mol. The van der Waals surface area contributed by atoms with E-state index in [4.69, 9.17) is 10.5 Å². The molecule has 2 atom stereocenters. The topological polar surface area (TPSA) is 64.3 Å². The zero-order chi connectivity index (χ0) is 16.2.